The second-order valence-electron chi connectivity index (χ2n) is 7.19. The van der Waals surface area contributed by atoms with E-state index in [2.05, 4.69) is 15.2 Å². The van der Waals surface area contributed by atoms with Crippen LogP contribution in [0.2, 0.25) is 5.02 Å². The van der Waals surface area contributed by atoms with Crippen molar-refractivity contribution in [3.8, 4) is 11.3 Å². The molecule has 9 heteroatoms. The number of hydrogen-bond donors (Lipinski definition) is 1. The Labute approximate surface area is 188 Å². The lowest BCUT2D eigenvalue weighted by Crippen LogP contribution is -2.49. The molecular weight excluding hydrogens is 435 g/mol. The third kappa shape index (κ3) is 6.09. The summed E-state index contributed by atoms with van der Waals surface area (Å²) in [6, 6.07) is 7.96. The molecule has 2 aromatic rings. The van der Waals surface area contributed by atoms with Gasteiger partial charge in [0, 0.05) is 68.7 Å². The van der Waals surface area contributed by atoms with E-state index in [1.165, 1.54) is 0 Å². The van der Waals surface area contributed by atoms with E-state index in [0.29, 0.717) is 35.6 Å². The first-order chi connectivity index (χ1) is 13.2. The molecule has 1 aromatic carbocycles. The van der Waals surface area contributed by atoms with Gasteiger partial charge >= 0.3 is 0 Å². The fourth-order valence-corrected chi connectivity index (χ4v) is 3.99. The predicted molar refractivity (Wildman–Crippen MR) is 119 cm³/mol. The van der Waals surface area contributed by atoms with E-state index in [0.717, 1.165) is 51.3 Å². The lowest BCUT2D eigenvalue weighted by molar-refractivity contribution is -0.130. The molecule has 0 aliphatic carbocycles. The maximum atomic E-state index is 12.6. The largest absolute Gasteiger partial charge is 0.441 e. The van der Waals surface area contributed by atoms with E-state index >= 15 is 0 Å². The average molecular weight is 462 g/mol. The molecule has 29 heavy (non-hydrogen) atoms. The minimum absolute atomic E-state index is 0. The fourth-order valence-electron chi connectivity index (χ4n) is 3.86. The summed E-state index contributed by atoms with van der Waals surface area (Å²) in [5.41, 5.74) is 0.933. The van der Waals surface area contributed by atoms with Crippen molar-refractivity contribution in [2.45, 2.75) is 25.3 Å². The van der Waals surface area contributed by atoms with Crippen LogP contribution in [0.4, 0.5) is 0 Å². The molecule has 2 aliphatic rings. The normalized spacial score (nSPS) is 19.5. The highest BCUT2D eigenvalue weighted by molar-refractivity contribution is 6.30. The number of halogens is 3. The zero-order valence-electron chi connectivity index (χ0n) is 16.2. The van der Waals surface area contributed by atoms with Gasteiger partial charge in [-0.2, -0.15) is 0 Å². The Balaban J connectivity index is 0.00000150. The number of aryl methyl sites for hydroxylation is 1. The standard InChI is InChI=1S/C20H25ClN4O2.2ClH/c21-16-3-1-15(2-4-16)18-13-23-19(27-18)5-6-20(26)25-10-7-17(14-25)24-11-8-22-9-12-24;;/h1-4,13,17,22H,5-12,14H2;2*1H. The highest BCUT2D eigenvalue weighted by Crippen LogP contribution is 2.23. The van der Waals surface area contributed by atoms with Gasteiger partial charge in [0.1, 0.15) is 0 Å². The Morgan fingerprint density at radius 2 is 1.90 bits per heavy atom. The van der Waals surface area contributed by atoms with Crippen LogP contribution in [-0.2, 0) is 11.2 Å². The molecule has 0 spiro atoms. The number of nitrogens with one attached hydrogen (secondary N) is 1. The monoisotopic (exact) mass is 460 g/mol. The van der Waals surface area contributed by atoms with Crippen molar-refractivity contribution >= 4 is 42.3 Å². The van der Waals surface area contributed by atoms with E-state index in [4.69, 9.17) is 16.0 Å². The van der Waals surface area contributed by atoms with Gasteiger partial charge in [-0.25, -0.2) is 4.98 Å². The molecule has 2 saturated heterocycles. The highest BCUT2D eigenvalue weighted by atomic mass is 35.5. The van der Waals surface area contributed by atoms with Gasteiger partial charge < -0.3 is 14.6 Å². The van der Waals surface area contributed by atoms with E-state index in [-0.39, 0.29) is 30.7 Å². The first-order valence-corrected chi connectivity index (χ1v) is 10.00. The minimum Gasteiger partial charge on any atom is -0.441 e. The quantitative estimate of drug-likeness (QED) is 0.740. The molecular formula is C20H27Cl3N4O2. The van der Waals surface area contributed by atoms with Gasteiger partial charge in [0.15, 0.2) is 11.7 Å². The molecule has 0 saturated carbocycles. The summed E-state index contributed by atoms with van der Waals surface area (Å²) in [4.78, 5) is 21.4. The summed E-state index contributed by atoms with van der Waals surface area (Å²) in [7, 11) is 0. The predicted octanol–water partition coefficient (Wildman–Crippen LogP) is 3.28. The number of nitrogens with zero attached hydrogens (tertiary/aromatic N) is 3. The SMILES string of the molecule is Cl.Cl.O=C(CCc1ncc(-c2ccc(Cl)cc2)o1)N1CCC(N2CCNCC2)C1. The van der Waals surface area contributed by atoms with E-state index in [1.807, 2.05) is 29.2 Å². The van der Waals surface area contributed by atoms with E-state index < -0.39 is 0 Å². The molecule has 6 nitrogen and oxygen atoms in total. The first kappa shape index (κ1) is 24.0. The van der Waals surface area contributed by atoms with Crippen molar-refractivity contribution < 1.29 is 9.21 Å². The number of amides is 1. The number of aromatic nitrogens is 1. The third-order valence-corrected chi connectivity index (χ3v) is 5.67. The molecule has 2 fully saturated rings. The second kappa shape index (κ2) is 11.2. The smallest absolute Gasteiger partial charge is 0.223 e. The van der Waals surface area contributed by atoms with Crippen molar-refractivity contribution in [3.05, 3.63) is 41.4 Å². The summed E-state index contributed by atoms with van der Waals surface area (Å²) in [5, 5.41) is 4.07. The number of carbonyl (C=O) groups is 1. The van der Waals surface area contributed by atoms with Crippen LogP contribution in [0.1, 0.15) is 18.7 Å². The van der Waals surface area contributed by atoms with Crippen LogP contribution < -0.4 is 5.32 Å². The molecule has 1 amide bonds. The molecule has 1 atom stereocenters. The molecule has 160 valence electrons. The fraction of sp³-hybridized carbons (Fsp3) is 0.500. The van der Waals surface area contributed by atoms with Gasteiger partial charge in [-0.15, -0.1) is 24.8 Å². The third-order valence-electron chi connectivity index (χ3n) is 5.42. The molecule has 4 rings (SSSR count). The van der Waals surface area contributed by atoms with Crippen molar-refractivity contribution in [2.75, 3.05) is 39.3 Å². The topological polar surface area (TPSA) is 61.6 Å². The summed E-state index contributed by atoms with van der Waals surface area (Å²) in [6.07, 6.45) is 3.75. The zero-order valence-corrected chi connectivity index (χ0v) is 18.6. The molecule has 3 heterocycles. The van der Waals surface area contributed by atoms with Gasteiger partial charge in [0.2, 0.25) is 5.91 Å². The van der Waals surface area contributed by atoms with Crippen molar-refractivity contribution in [2.24, 2.45) is 0 Å². The second-order valence-corrected chi connectivity index (χ2v) is 7.63. The van der Waals surface area contributed by atoms with Crippen LogP contribution in [0, 0.1) is 0 Å². The Bertz CT molecular complexity index is 778. The Kier molecular flexibility index (Phi) is 9.24. The molecule has 1 N–H and O–H groups in total. The first-order valence-electron chi connectivity index (χ1n) is 9.62. The molecule has 0 radical (unpaired) electrons. The van der Waals surface area contributed by atoms with E-state index in [1.54, 1.807) is 6.20 Å². The van der Waals surface area contributed by atoms with Crippen molar-refractivity contribution in [1.29, 1.82) is 0 Å². The van der Waals surface area contributed by atoms with Crippen LogP contribution >= 0.6 is 36.4 Å². The van der Waals surface area contributed by atoms with Gasteiger partial charge in [-0.3, -0.25) is 9.69 Å². The maximum Gasteiger partial charge on any atom is 0.223 e. The maximum absolute atomic E-state index is 12.6. The van der Waals surface area contributed by atoms with Crippen molar-refractivity contribution in [1.82, 2.24) is 20.1 Å². The number of likely N-dealkylation sites (tertiary alicyclic amines) is 1. The minimum atomic E-state index is 0. The summed E-state index contributed by atoms with van der Waals surface area (Å²) >= 11 is 5.92. The lowest BCUT2D eigenvalue weighted by atomic mass is 10.2. The Morgan fingerprint density at radius 1 is 1.17 bits per heavy atom. The van der Waals surface area contributed by atoms with Crippen LogP contribution in [0.25, 0.3) is 11.3 Å². The molecule has 1 aromatic heterocycles. The summed E-state index contributed by atoms with van der Waals surface area (Å²) in [6.45, 7) is 5.96. The van der Waals surface area contributed by atoms with Crippen LogP contribution in [0.3, 0.4) is 0 Å². The summed E-state index contributed by atoms with van der Waals surface area (Å²) in [5.74, 6) is 1.50. The number of benzene rings is 1. The number of hydrogen-bond acceptors (Lipinski definition) is 5. The zero-order chi connectivity index (χ0) is 18.6. The summed E-state index contributed by atoms with van der Waals surface area (Å²) < 4.78 is 5.80. The lowest BCUT2D eigenvalue weighted by Gasteiger charge is -2.32. The molecule has 0 bridgehead atoms. The van der Waals surface area contributed by atoms with E-state index in [9.17, 15) is 4.79 Å². The van der Waals surface area contributed by atoms with Gasteiger partial charge in [0.25, 0.3) is 0 Å². The van der Waals surface area contributed by atoms with Crippen LogP contribution in [-0.4, -0.2) is 66.0 Å². The molecule has 2 aliphatic heterocycles. The van der Waals surface area contributed by atoms with Crippen molar-refractivity contribution in [3.63, 3.8) is 0 Å². The number of carbonyl (C=O) groups excluding carboxylic acids is 1. The Morgan fingerprint density at radius 3 is 2.62 bits per heavy atom. The van der Waals surface area contributed by atoms with Crippen LogP contribution in [0.5, 0.6) is 0 Å². The average Bonchev–Trinajstić information content (AvgIpc) is 3.37. The number of piperazine rings is 1. The Hall–Kier alpha value is -1.31. The van der Waals surface area contributed by atoms with Gasteiger partial charge in [0.05, 0.1) is 6.20 Å². The number of oxazole rings is 1. The van der Waals surface area contributed by atoms with Gasteiger partial charge in [-0.1, -0.05) is 11.6 Å². The molecule has 1 unspecified atom stereocenters. The van der Waals surface area contributed by atoms with Gasteiger partial charge in [-0.05, 0) is 30.7 Å². The number of rotatable bonds is 5. The van der Waals surface area contributed by atoms with Crippen LogP contribution in [0.15, 0.2) is 34.9 Å². The highest BCUT2D eigenvalue weighted by Gasteiger charge is 2.30.